The zero-order valence-corrected chi connectivity index (χ0v) is 18.8. The number of hydrogen-bond acceptors (Lipinski definition) is 3. The maximum absolute atomic E-state index is 12.2. The Bertz CT molecular complexity index is 719. The molecule has 3 rings (SSSR count). The molecule has 1 saturated heterocycles. The summed E-state index contributed by atoms with van der Waals surface area (Å²) in [6.07, 6.45) is 5.57. The second-order valence-electron chi connectivity index (χ2n) is 8.63. The third-order valence-electron chi connectivity index (χ3n) is 5.88. The molecule has 30 heavy (non-hydrogen) atoms. The molecule has 2 atom stereocenters. The van der Waals surface area contributed by atoms with Gasteiger partial charge in [-0.15, -0.1) is 0 Å². The van der Waals surface area contributed by atoms with Gasteiger partial charge in [-0.2, -0.15) is 0 Å². The van der Waals surface area contributed by atoms with E-state index < -0.39 is 0 Å². The van der Waals surface area contributed by atoms with Gasteiger partial charge in [0.05, 0.1) is 6.10 Å². The third-order valence-corrected chi connectivity index (χ3v) is 5.88. The van der Waals surface area contributed by atoms with Crippen molar-refractivity contribution in [2.45, 2.75) is 65.0 Å². The number of aliphatic imine (C=N–C) groups is 1. The number of likely N-dealkylation sites (tertiary alicyclic amines) is 1. The first-order valence-corrected chi connectivity index (χ1v) is 11.6. The van der Waals surface area contributed by atoms with Crippen LogP contribution >= 0.6 is 0 Å². The van der Waals surface area contributed by atoms with Crippen molar-refractivity contribution in [3.8, 4) is 0 Å². The number of rotatable bonds is 8. The van der Waals surface area contributed by atoms with Gasteiger partial charge in [-0.1, -0.05) is 38.1 Å². The number of carbonyl (C=O) groups is 1. The van der Waals surface area contributed by atoms with Crippen LogP contribution in [0.5, 0.6) is 0 Å². The molecule has 0 aromatic heterocycles. The van der Waals surface area contributed by atoms with Gasteiger partial charge in [0.1, 0.15) is 0 Å². The van der Waals surface area contributed by atoms with Gasteiger partial charge in [0.2, 0.25) is 5.91 Å². The quantitative estimate of drug-likeness (QED) is 0.389. The number of aryl methyl sites for hydroxylation is 1. The summed E-state index contributed by atoms with van der Waals surface area (Å²) in [4.78, 5) is 18.9. The zero-order chi connectivity index (χ0) is 21.3. The molecule has 0 spiro atoms. The van der Waals surface area contributed by atoms with Gasteiger partial charge in [-0.3, -0.25) is 9.79 Å². The normalized spacial score (nSPS) is 21.6. The van der Waals surface area contributed by atoms with Crippen LogP contribution in [0, 0.1) is 5.92 Å². The van der Waals surface area contributed by atoms with Gasteiger partial charge in [0, 0.05) is 44.7 Å². The monoisotopic (exact) mass is 414 g/mol. The van der Waals surface area contributed by atoms with E-state index in [9.17, 15) is 4.79 Å². The van der Waals surface area contributed by atoms with Crippen molar-refractivity contribution in [1.29, 1.82) is 0 Å². The van der Waals surface area contributed by atoms with Crippen molar-refractivity contribution in [2.24, 2.45) is 10.9 Å². The first-order valence-electron chi connectivity index (χ1n) is 11.6. The lowest BCUT2D eigenvalue weighted by molar-refractivity contribution is -0.133. The average Bonchev–Trinajstić information content (AvgIpc) is 3.21. The maximum atomic E-state index is 12.2. The minimum atomic E-state index is 0.0572. The second kappa shape index (κ2) is 11.3. The minimum Gasteiger partial charge on any atom is -0.373 e. The van der Waals surface area contributed by atoms with Gasteiger partial charge in [-0.25, -0.2) is 0 Å². The minimum absolute atomic E-state index is 0.0572. The van der Waals surface area contributed by atoms with Gasteiger partial charge < -0.3 is 20.3 Å². The number of guanidine groups is 1. The van der Waals surface area contributed by atoms with E-state index in [0.29, 0.717) is 0 Å². The highest BCUT2D eigenvalue weighted by molar-refractivity contribution is 5.81. The van der Waals surface area contributed by atoms with E-state index in [-0.39, 0.29) is 24.0 Å². The summed E-state index contributed by atoms with van der Waals surface area (Å²) in [5.41, 5.74) is 2.80. The summed E-state index contributed by atoms with van der Waals surface area (Å²) in [6, 6.07) is 8.92. The number of fused-ring (bicyclic) bond motifs is 1. The fourth-order valence-corrected chi connectivity index (χ4v) is 4.32. The lowest BCUT2D eigenvalue weighted by Gasteiger charge is -2.25. The standard InChI is InChI=1S/C24H38N4O2/c1-4-25-24(27-20-13-15-28(17-20)23(29)18(2)3)26-14-8-16-30-22-12-7-10-19-9-5-6-11-21(19)22/h5-6,9,11,18,20,22H,4,7-8,10,12-17H2,1-3H3,(H2,25,26,27). The number of ether oxygens (including phenoxy) is 1. The molecule has 1 amide bonds. The van der Waals surface area contributed by atoms with Crippen LogP contribution in [-0.4, -0.2) is 55.6 Å². The number of benzene rings is 1. The largest absolute Gasteiger partial charge is 0.373 e. The lowest BCUT2D eigenvalue weighted by Crippen LogP contribution is -2.45. The molecule has 1 aromatic rings. The molecular weight excluding hydrogens is 376 g/mol. The molecule has 0 bridgehead atoms. The highest BCUT2D eigenvalue weighted by Gasteiger charge is 2.28. The number of nitrogens with zero attached hydrogens (tertiary/aromatic N) is 2. The van der Waals surface area contributed by atoms with Crippen LogP contribution in [0.1, 0.15) is 63.7 Å². The van der Waals surface area contributed by atoms with Gasteiger partial charge >= 0.3 is 0 Å². The van der Waals surface area contributed by atoms with E-state index >= 15 is 0 Å². The van der Waals surface area contributed by atoms with Crippen molar-refractivity contribution in [3.05, 3.63) is 35.4 Å². The van der Waals surface area contributed by atoms with Crippen molar-refractivity contribution < 1.29 is 9.53 Å². The van der Waals surface area contributed by atoms with Gasteiger partial charge in [0.25, 0.3) is 0 Å². The predicted molar refractivity (Wildman–Crippen MR) is 122 cm³/mol. The molecular formula is C24H38N4O2. The molecule has 2 N–H and O–H groups in total. The Morgan fingerprint density at radius 1 is 1.30 bits per heavy atom. The van der Waals surface area contributed by atoms with E-state index in [4.69, 9.17) is 9.73 Å². The van der Waals surface area contributed by atoms with E-state index in [1.54, 1.807) is 0 Å². The highest BCUT2D eigenvalue weighted by Crippen LogP contribution is 2.32. The Balaban J connectivity index is 1.42. The Morgan fingerprint density at radius 2 is 2.13 bits per heavy atom. The summed E-state index contributed by atoms with van der Waals surface area (Å²) < 4.78 is 6.19. The highest BCUT2D eigenvalue weighted by atomic mass is 16.5. The summed E-state index contributed by atoms with van der Waals surface area (Å²) in [6.45, 7) is 9.85. The van der Waals surface area contributed by atoms with E-state index in [1.807, 2.05) is 18.7 Å². The summed E-state index contributed by atoms with van der Waals surface area (Å²) >= 11 is 0. The molecule has 6 nitrogen and oxygen atoms in total. The molecule has 1 aliphatic heterocycles. The van der Waals surface area contributed by atoms with E-state index in [2.05, 4.69) is 41.8 Å². The Morgan fingerprint density at radius 3 is 2.93 bits per heavy atom. The van der Waals surface area contributed by atoms with Crippen LogP contribution in [0.4, 0.5) is 0 Å². The van der Waals surface area contributed by atoms with Crippen LogP contribution in [0.15, 0.2) is 29.3 Å². The molecule has 1 aromatic carbocycles. The maximum Gasteiger partial charge on any atom is 0.225 e. The number of carbonyl (C=O) groups excluding carboxylic acids is 1. The van der Waals surface area contributed by atoms with Crippen molar-refractivity contribution in [3.63, 3.8) is 0 Å². The Kier molecular flexibility index (Phi) is 8.55. The van der Waals surface area contributed by atoms with Crippen LogP contribution < -0.4 is 10.6 Å². The molecule has 1 fully saturated rings. The summed E-state index contributed by atoms with van der Waals surface area (Å²) in [5, 5.41) is 6.82. The average molecular weight is 415 g/mol. The lowest BCUT2D eigenvalue weighted by atomic mass is 9.89. The van der Waals surface area contributed by atoms with Gasteiger partial charge in [0.15, 0.2) is 5.96 Å². The number of hydrogen-bond donors (Lipinski definition) is 2. The van der Waals surface area contributed by atoms with Crippen LogP contribution in [0.2, 0.25) is 0 Å². The van der Waals surface area contributed by atoms with Crippen LogP contribution in [0.25, 0.3) is 0 Å². The second-order valence-corrected chi connectivity index (χ2v) is 8.63. The fraction of sp³-hybridized carbons (Fsp3) is 0.667. The van der Waals surface area contributed by atoms with Gasteiger partial charge in [-0.05, 0) is 50.2 Å². The van der Waals surface area contributed by atoms with E-state index in [0.717, 1.165) is 58.0 Å². The topological polar surface area (TPSA) is 66.0 Å². The zero-order valence-electron chi connectivity index (χ0n) is 18.8. The number of amides is 1. The molecule has 2 unspecified atom stereocenters. The van der Waals surface area contributed by atoms with Crippen LogP contribution in [-0.2, 0) is 16.0 Å². The number of nitrogens with one attached hydrogen (secondary N) is 2. The van der Waals surface area contributed by atoms with Crippen molar-refractivity contribution in [1.82, 2.24) is 15.5 Å². The predicted octanol–water partition coefficient (Wildman–Crippen LogP) is 3.28. The molecule has 6 heteroatoms. The third kappa shape index (κ3) is 6.21. The van der Waals surface area contributed by atoms with Crippen molar-refractivity contribution >= 4 is 11.9 Å². The Hall–Kier alpha value is -2.08. The fourth-order valence-electron chi connectivity index (χ4n) is 4.32. The first kappa shape index (κ1) is 22.6. The Labute approximate surface area is 181 Å². The molecule has 166 valence electrons. The SMILES string of the molecule is CCNC(=NCCCOC1CCCc2ccccc21)NC1CCN(C(=O)C(C)C)C1. The first-order chi connectivity index (χ1) is 14.6. The molecule has 1 heterocycles. The van der Waals surface area contributed by atoms with Crippen molar-refractivity contribution in [2.75, 3.05) is 32.8 Å². The molecule has 0 radical (unpaired) electrons. The van der Waals surface area contributed by atoms with Crippen LogP contribution in [0.3, 0.4) is 0 Å². The molecule has 0 saturated carbocycles. The summed E-state index contributed by atoms with van der Waals surface area (Å²) in [5.74, 6) is 1.13. The molecule has 2 aliphatic rings. The summed E-state index contributed by atoms with van der Waals surface area (Å²) in [7, 11) is 0. The van der Waals surface area contributed by atoms with E-state index in [1.165, 1.54) is 24.0 Å². The molecule has 1 aliphatic carbocycles. The smallest absolute Gasteiger partial charge is 0.225 e.